The van der Waals surface area contributed by atoms with Gasteiger partial charge >= 0.3 is 0 Å². The molecule has 1 aromatic carbocycles. The van der Waals surface area contributed by atoms with Crippen LogP contribution in [0.4, 0.5) is 10.2 Å². The number of aromatic nitrogens is 4. The van der Waals surface area contributed by atoms with Crippen molar-refractivity contribution >= 4 is 5.82 Å². The van der Waals surface area contributed by atoms with Crippen molar-refractivity contribution in [3.8, 4) is 17.0 Å². The van der Waals surface area contributed by atoms with Crippen LogP contribution in [0.5, 0.6) is 5.75 Å². The van der Waals surface area contributed by atoms with Crippen molar-refractivity contribution in [1.82, 2.24) is 25.0 Å². The van der Waals surface area contributed by atoms with E-state index in [0.29, 0.717) is 48.5 Å². The first-order chi connectivity index (χ1) is 13.6. The summed E-state index contributed by atoms with van der Waals surface area (Å²) in [6.45, 7) is 5.21. The van der Waals surface area contributed by atoms with E-state index in [1.807, 2.05) is 4.90 Å². The largest absolute Gasteiger partial charge is 0.497 e. The summed E-state index contributed by atoms with van der Waals surface area (Å²) < 4.78 is 25.5. The van der Waals surface area contributed by atoms with Crippen LogP contribution in [0.25, 0.3) is 11.3 Å². The van der Waals surface area contributed by atoms with Gasteiger partial charge in [-0.15, -0.1) is 0 Å². The Bertz CT molecular complexity index is 938. The predicted molar refractivity (Wildman–Crippen MR) is 101 cm³/mol. The molecular formula is C19H21FN6O2. The van der Waals surface area contributed by atoms with Crippen LogP contribution in [0, 0.1) is 12.7 Å². The van der Waals surface area contributed by atoms with Crippen molar-refractivity contribution in [2.75, 3.05) is 38.2 Å². The first kappa shape index (κ1) is 18.3. The molecule has 9 heteroatoms. The summed E-state index contributed by atoms with van der Waals surface area (Å²) in [6, 6.07) is 7.15. The normalized spacial score (nSPS) is 15.0. The number of hydrogen-bond donors (Lipinski definition) is 0. The Kier molecular flexibility index (Phi) is 5.16. The molecule has 1 fully saturated rings. The van der Waals surface area contributed by atoms with E-state index >= 15 is 4.39 Å². The number of aryl methyl sites for hydroxylation is 1. The van der Waals surface area contributed by atoms with Gasteiger partial charge in [0, 0.05) is 31.7 Å². The number of rotatable bonds is 5. The second kappa shape index (κ2) is 7.89. The van der Waals surface area contributed by atoms with Gasteiger partial charge < -0.3 is 14.2 Å². The van der Waals surface area contributed by atoms with Crippen molar-refractivity contribution in [3.05, 3.63) is 48.1 Å². The highest BCUT2D eigenvalue weighted by Gasteiger charge is 2.24. The fourth-order valence-electron chi connectivity index (χ4n) is 3.24. The van der Waals surface area contributed by atoms with E-state index in [-0.39, 0.29) is 5.69 Å². The fourth-order valence-corrected chi connectivity index (χ4v) is 3.24. The predicted octanol–water partition coefficient (Wildman–Crippen LogP) is 2.30. The molecule has 0 unspecified atom stereocenters. The maximum absolute atomic E-state index is 15.1. The molecule has 4 rings (SSSR count). The van der Waals surface area contributed by atoms with Gasteiger partial charge in [-0.25, -0.2) is 14.4 Å². The highest BCUT2D eigenvalue weighted by Crippen LogP contribution is 2.28. The molecule has 0 N–H and O–H groups in total. The third-order valence-corrected chi connectivity index (χ3v) is 4.73. The monoisotopic (exact) mass is 384 g/mol. The summed E-state index contributed by atoms with van der Waals surface area (Å²) in [5, 5.41) is 3.81. The number of hydrogen-bond acceptors (Lipinski definition) is 8. The Balaban J connectivity index is 1.46. The molecule has 28 heavy (non-hydrogen) atoms. The number of halogens is 1. The van der Waals surface area contributed by atoms with Gasteiger partial charge in [-0.1, -0.05) is 5.16 Å². The number of ether oxygens (including phenoxy) is 1. The van der Waals surface area contributed by atoms with Crippen molar-refractivity contribution in [2.45, 2.75) is 13.5 Å². The molecule has 8 nitrogen and oxygen atoms in total. The van der Waals surface area contributed by atoms with Crippen LogP contribution in [-0.2, 0) is 6.54 Å². The number of methoxy groups -OCH3 is 1. The molecule has 1 aliphatic heterocycles. The molecule has 0 radical (unpaired) electrons. The van der Waals surface area contributed by atoms with Crippen LogP contribution >= 0.6 is 0 Å². The van der Waals surface area contributed by atoms with Gasteiger partial charge in [0.05, 0.1) is 13.7 Å². The lowest BCUT2D eigenvalue weighted by Crippen LogP contribution is -2.46. The van der Waals surface area contributed by atoms with Crippen LogP contribution in [0.2, 0.25) is 0 Å². The molecule has 146 valence electrons. The van der Waals surface area contributed by atoms with Gasteiger partial charge in [-0.05, 0) is 31.2 Å². The van der Waals surface area contributed by atoms with E-state index in [1.165, 1.54) is 6.33 Å². The van der Waals surface area contributed by atoms with Crippen LogP contribution < -0.4 is 9.64 Å². The van der Waals surface area contributed by atoms with Crippen molar-refractivity contribution in [2.24, 2.45) is 0 Å². The molecule has 0 atom stereocenters. The maximum atomic E-state index is 15.1. The summed E-state index contributed by atoms with van der Waals surface area (Å²) in [6.07, 6.45) is 1.41. The van der Waals surface area contributed by atoms with Crippen LogP contribution in [0.15, 0.2) is 35.1 Å². The Morgan fingerprint density at radius 1 is 1.11 bits per heavy atom. The van der Waals surface area contributed by atoms with E-state index in [2.05, 4.69) is 25.0 Å². The number of benzene rings is 1. The molecule has 3 aromatic rings. The van der Waals surface area contributed by atoms with Gasteiger partial charge in [-0.3, -0.25) is 4.90 Å². The first-order valence-electron chi connectivity index (χ1n) is 9.05. The Hall–Kier alpha value is -3.07. The zero-order valence-corrected chi connectivity index (χ0v) is 15.8. The molecule has 1 aliphatic rings. The molecule has 1 saturated heterocycles. The fraction of sp³-hybridized carbons (Fsp3) is 0.368. The summed E-state index contributed by atoms with van der Waals surface area (Å²) in [7, 11) is 1.59. The first-order valence-corrected chi connectivity index (χ1v) is 9.05. The standard InChI is InChI=1S/C19H21FN6O2/c1-13-23-16(28-24-13)11-25-7-9-26(10-8-25)19-17(20)18(21-12-22-19)14-3-5-15(27-2)6-4-14/h3-6,12H,7-11H2,1-2H3. The summed E-state index contributed by atoms with van der Waals surface area (Å²) in [5.74, 6) is 1.86. The molecule has 0 spiro atoms. The van der Waals surface area contributed by atoms with Crippen molar-refractivity contribution < 1.29 is 13.7 Å². The minimum Gasteiger partial charge on any atom is -0.497 e. The molecule has 0 bridgehead atoms. The van der Waals surface area contributed by atoms with Gasteiger partial charge in [-0.2, -0.15) is 4.98 Å². The quantitative estimate of drug-likeness (QED) is 0.663. The molecule has 0 saturated carbocycles. The third-order valence-electron chi connectivity index (χ3n) is 4.73. The minimum absolute atomic E-state index is 0.288. The Morgan fingerprint density at radius 3 is 2.50 bits per heavy atom. The average Bonchev–Trinajstić information content (AvgIpc) is 3.14. The van der Waals surface area contributed by atoms with E-state index in [9.17, 15) is 0 Å². The summed E-state index contributed by atoms with van der Waals surface area (Å²) in [5.41, 5.74) is 0.976. The summed E-state index contributed by atoms with van der Waals surface area (Å²) >= 11 is 0. The van der Waals surface area contributed by atoms with Crippen molar-refractivity contribution in [1.29, 1.82) is 0 Å². The zero-order valence-electron chi connectivity index (χ0n) is 15.8. The van der Waals surface area contributed by atoms with Gasteiger partial charge in [0.25, 0.3) is 0 Å². The smallest absolute Gasteiger partial charge is 0.240 e. The zero-order chi connectivity index (χ0) is 19.5. The molecule has 0 amide bonds. The lowest BCUT2D eigenvalue weighted by atomic mass is 10.1. The molecule has 2 aromatic heterocycles. The highest BCUT2D eigenvalue weighted by atomic mass is 19.1. The third kappa shape index (κ3) is 3.79. The highest BCUT2D eigenvalue weighted by molar-refractivity contribution is 5.64. The van der Waals surface area contributed by atoms with Crippen molar-refractivity contribution in [3.63, 3.8) is 0 Å². The molecular weight excluding hydrogens is 363 g/mol. The number of anilines is 1. The second-order valence-electron chi connectivity index (χ2n) is 6.59. The van der Waals surface area contributed by atoms with Gasteiger partial charge in [0.15, 0.2) is 17.5 Å². The van der Waals surface area contributed by atoms with E-state index < -0.39 is 5.82 Å². The van der Waals surface area contributed by atoms with E-state index in [4.69, 9.17) is 9.26 Å². The lowest BCUT2D eigenvalue weighted by molar-refractivity contribution is 0.214. The van der Waals surface area contributed by atoms with Crippen LogP contribution in [0.3, 0.4) is 0 Å². The molecule has 0 aliphatic carbocycles. The Morgan fingerprint density at radius 2 is 1.86 bits per heavy atom. The molecule has 3 heterocycles. The van der Waals surface area contributed by atoms with Gasteiger partial charge in [0.1, 0.15) is 17.8 Å². The number of nitrogens with zero attached hydrogens (tertiary/aromatic N) is 6. The van der Waals surface area contributed by atoms with Crippen LogP contribution in [-0.4, -0.2) is 58.3 Å². The van der Waals surface area contributed by atoms with E-state index in [1.54, 1.807) is 38.3 Å². The van der Waals surface area contributed by atoms with Gasteiger partial charge in [0.2, 0.25) is 5.89 Å². The summed E-state index contributed by atoms with van der Waals surface area (Å²) in [4.78, 5) is 16.7. The lowest BCUT2D eigenvalue weighted by Gasteiger charge is -2.34. The topological polar surface area (TPSA) is 80.4 Å². The van der Waals surface area contributed by atoms with Crippen LogP contribution in [0.1, 0.15) is 11.7 Å². The average molecular weight is 384 g/mol. The second-order valence-corrected chi connectivity index (χ2v) is 6.59. The van der Waals surface area contributed by atoms with E-state index in [0.717, 1.165) is 13.1 Å². The maximum Gasteiger partial charge on any atom is 0.240 e. The minimum atomic E-state index is -0.409. The Labute approximate surface area is 162 Å². The number of piperazine rings is 1. The SMILES string of the molecule is COc1ccc(-c2ncnc(N3CCN(Cc4nc(C)no4)CC3)c2F)cc1.